The fraction of sp³-hybridized carbons (Fsp3) is 0.500. The minimum atomic E-state index is -0.812. The van der Waals surface area contributed by atoms with Crippen LogP contribution in [-0.4, -0.2) is 36.5 Å². The van der Waals surface area contributed by atoms with E-state index in [1.165, 1.54) is 11.0 Å². The van der Waals surface area contributed by atoms with Crippen LogP contribution in [0.4, 0.5) is 14.9 Å². The van der Waals surface area contributed by atoms with Gasteiger partial charge in [0.25, 0.3) is 0 Å². The molecule has 0 bridgehead atoms. The SMILES string of the molecule is CC(C)Oc1cc(N2C(=O)N(C)CC(C)(C)C2=O)c(F)cc1Cl. The molecule has 1 fully saturated rings. The van der Waals surface area contributed by atoms with E-state index in [1.807, 2.05) is 0 Å². The van der Waals surface area contributed by atoms with Crippen molar-refractivity contribution in [3.8, 4) is 5.75 Å². The molecule has 1 aliphatic heterocycles. The number of hydrogen-bond donors (Lipinski definition) is 0. The van der Waals surface area contributed by atoms with E-state index in [4.69, 9.17) is 16.3 Å². The first-order valence-electron chi connectivity index (χ1n) is 7.30. The predicted molar refractivity (Wildman–Crippen MR) is 86.5 cm³/mol. The zero-order valence-electron chi connectivity index (χ0n) is 13.8. The maximum Gasteiger partial charge on any atom is 0.331 e. The van der Waals surface area contributed by atoms with E-state index in [1.54, 1.807) is 34.7 Å². The van der Waals surface area contributed by atoms with Gasteiger partial charge < -0.3 is 9.64 Å². The lowest BCUT2D eigenvalue weighted by Gasteiger charge is -2.40. The lowest BCUT2D eigenvalue weighted by molar-refractivity contribution is -0.128. The van der Waals surface area contributed by atoms with Crippen molar-refractivity contribution in [2.24, 2.45) is 5.41 Å². The minimum Gasteiger partial charge on any atom is -0.489 e. The fourth-order valence-corrected chi connectivity index (χ4v) is 2.73. The first-order chi connectivity index (χ1) is 10.5. The Morgan fingerprint density at radius 3 is 2.48 bits per heavy atom. The molecule has 1 aliphatic rings. The lowest BCUT2D eigenvalue weighted by atomic mass is 9.89. The molecule has 23 heavy (non-hydrogen) atoms. The summed E-state index contributed by atoms with van der Waals surface area (Å²) in [6, 6.07) is 1.77. The molecule has 0 aromatic heterocycles. The molecule has 1 saturated heterocycles. The summed E-state index contributed by atoms with van der Waals surface area (Å²) in [6.45, 7) is 7.29. The first kappa shape index (κ1) is 17.5. The van der Waals surface area contributed by atoms with Gasteiger partial charge in [0.2, 0.25) is 5.91 Å². The first-order valence-corrected chi connectivity index (χ1v) is 7.67. The molecule has 0 N–H and O–H groups in total. The molecule has 1 aromatic rings. The molecule has 0 spiro atoms. The van der Waals surface area contributed by atoms with Gasteiger partial charge in [-0.2, -0.15) is 0 Å². The van der Waals surface area contributed by atoms with Gasteiger partial charge in [-0.25, -0.2) is 14.1 Å². The Bertz CT molecular complexity index is 661. The number of ether oxygens (including phenoxy) is 1. The molecule has 0 unspecified atom stereocenters. The van der Waals surface area contributed by atoms with E-state index < -0.39 is 23.2 Å². The Balaban J connectivity index is 2.54. The molecule has 0 saturated carbocycles. The molecule has 126 valence electrons. The van der Waals surface area contributed by atoms with Crippen LogP contribution in [0.25, 0.3) is 0 Å². The molecule has 0 aliphatic carbocycles. The number of anilines is 1. The minimum absolute atomic E-state index is 0.0875. The Kier molecular flexibility index (Phi) is 4.57. The van der Waals surface area contributed by atoms with Gasteiger partial charge in [0.1, 0.15) is 11.6 Å². The van der Waals surface area contributed by atoms with Gasteiger partial charge in [-0.3, -0.25) is 4.79 Å². The number of benzene rings is 1. The number of rotatable bonds is 3. The van der Waals surface area contributed by atoms with Gasteiger partial charge in [-0.15, -0.1) is 0 Å². The number of hydrogen-bond acceptors (Lipinski definition) is 3. The quantitative estimate of drug-likeness (QED) is 0.841. The summed E-state index contributed by atoms with van der Waals surface area (Å²) in [5.41, 5.74) is -0.965. The van der Waals surface area contributed by atoms with Crippen molar-refractivity contribution < 1.29 is 18.7 Å². The van der Waals surface area contributed by atoms with E-state index in [9.17, 15) is 14.0 Å². The number of urea groups is 1. The zero-order chi connectivity index (χ0) is 17.5. The monoisotopic (exact) mass is 342 g/mol. The van der Waals surface area contributed by atoms with Crippen molar-refractivity contribution in [3.63, 3.8) is 0 Å². The number of carbonyl (C=O) groups excluding carboxylic acids is 2. The molecule has 7 heteroatoms. The van der Waals surface area contributed by atoms with Gasteiger partial charge in [0, 0.05) is 19.7 Å². The lowest BCUT2D eigenvalue weighted by Crippen LogP contribution is -2.59. The van der Waals surface area contributed by atoms with Crippen LogP contribution in [0.5, 0.6) is 5.75 Å². The molecule has 0 atom stereocenters. The van der Waals surface area contributed by atoms with Gasteiger partial charge in [-0.1, -0.05) is 11.6 Å². The molecular formula is C16H20ClFN2O3. The van der Waals surface area contributed by atoms with E-state index >= 15 is 0 Å². The third kappa shape index (κ3) is 3.27. The highest BCUT2D eigenvalue weighted by Gasteiger charge is 2.44. The summed E-state index contributed by atoms with van der Waals surface area (Å²) in [7, 11) is 1.57. The third-order valence-electron chi connectivity index (χ3n) is 3.54. The average Bonchev–Trinajstić information content (AvgIpc) is 2.41. The van der Waals surface area contributed by atoms with Crippen molar-refractivity contribution >= 4 is 29.2 Å². The van der Waals surface area contributed by atoms with Crippen LogP contribution in [0, 0.1) is 11.2 Å². The fourth-order valence-electron chi connectivity index (χ4n) is 2.53. The molecule has 5 nitrogen and oxygen atoms in total. The molecule has 0 radical (unpaired) electrons. The number of amides is 3. The predicted octanol–water partition coefficient (Wildman–Crippen LogP) is 3.69. The summed E-state index contributed by atoms with van der Waals surface area (Å²) in [4.78, 5) is 27.2. The standard InChI is InChI=1S/C16H20ClFN2O3/c1-9(2)23-13-7-12(11(18)6-10(13)17)20-14(21)16(3,4)8-19(5)15(20)22/h6-7,9H,8H2,1-5H3. The Labute approximate surface area is 140 Å². The van der Waals surface area contributed by atoms with Crippen LogP contribution in [0.2, 0.25) is 5.02 Å². The summed E-state index contributed by atoms with van der Waals surface area (Å²) < 4.78 is 19.9. The highest BCUT2D eigenvalue weighted by Crippen LogP contribution is 2.37. The van der Waals surface area contributed by atoms with Crippen LogP contribution in [0.3, 0.4) is 0 Å². The van der Waals surface area contributed by atoms with Crippen LogP contribution in [0.15, 0.2) is 12.1 Å². The second-order valence-corrected chi connectivity index (χ2v) is 6.97. The van der Waals surface area contributed by atoms with Crippen molar-refractivity contribution in [2.45, 2.75) is 33.8 Å². The van der Waals surface area contributed by atoms with Gasteiger partial charge in [-0.05, 0) is 33.8 Å². The van der Waals surface area contributed by atoms with Crippen molar-refractivity contribution in [1.82, 2.24) is 4.90 Å². The smallest absolute Gasteiger partial charge is 0.331 e. The van der Waals surface area contributed by atoms with E-state index in [0.717, 1.165) is 11.0 Å². The summed E-state index contributed by atoms with van der Waals surface area (Å²) in [6.07, 6.45) is -0.183. The van der Waals surface area contributed by atoms with Gasteiger partial charge >= 0.3 is 6.03 Å². The maximum atomic E-state index is 14.4. The van der Waals surface area contributed by atoms with E-state index in [-0.39, 0.29) is 29.1 Å². The zero-order valence-corrected chi connectivity index (χ0v) is 14.6. The Morgan fingerprint density at radius 2 is 1.91 bits per heavy atom. The Hall–Kier alpha value is -1.82. The number of nitrogens with zero attached hydrogens (tertiary/aromatic N) is 2. The van der Waals surface area contributed by atoms with Crippen molar-refractivity contribution in [3.05, 3.63) is 23.0 Å². The Morgan fingerprint density at radius 1 is 1.30 bits per heavy atom. The average molecular weight is 343 g/mol. The normalized spacial score (nSPS) is 17.9. The molecule has 1 aromatic carbocycles. The largest absolute Gasteiger partial charge is 0.489 e. The van der Waals surface area contributed by atoms with Crippen LogP contribution < -0.4 is 9.64 Å². The second kappa shape index (κ2) is 6.00. The number of carbonyl (C=O) groups is 2. The van der Waals surface area contributed by atoms with Gasteiger partial charge in [0.15, 0.2) is 0 Å². The van der Waals surface area contributed by atoms with E-state index in [0.29, 0.717) is 0 Å². The highest BCUT2D eigenvalue weighted by molar-refractivity contribution is 6.32. The number of halogens is 2. The maximum absolute atomic E-state index is 14.4. The summed E-state index contributed by atoms with van der Waals surface area (Å²) in [5, 5.41) is 0.0875. The molecule has 2 rings (SSSR count). The van der Waals surface area contributed by atoms with Crippen molar-refractivity contribution in [1.29, 1.82) is 0 Å². The molecule has 3 amide bonds. The number of imide groups is 1. The van der Waals surface area contributed by atoms with Gasteiger partial charge in [0.05, 0.1) is 22.2 Å². The van der Waals surface area contributed by atoms with E-state index in [2.05, 4.69) is 0 Å². The highest BCUT2D eigenvalue weighted by atomic mass is 35.5. The van der Waals surface area contributed by atoms with Crippen LogP contribution >= 0.6 is 11.6 Å². The van der Waals surface area contributed by atoms with Crippen LogP contribution in [0.1, 0.15) is 27.7 Å². The van der Waals surface area contributed by atoms with Crippen LogP contribution in [-0.2, 0) is 4.79 Å². The summed E-state index contributed by atoms with van der Waals surface area (Å²) >= 11 is 5.98. The summed E-state index contributed by atoms with van der Waals surface area (Å²) in [5.74, 6) is -0.985. The molecule has 1 heterocycles. The molecular weight excluding hydrogens is 323 g/mol. The topological polar surface area (TPSA) is 49.9 Å². The third-order valence-corrected chi connectivity index (χ3v) is 3.83. The van der Waals surface area contributed by atoms with Crippen molar-refractivity contribution in [2.75, 3.05) is 18.5 Å². The second-order valence-electron chi connectivity index (χ2n) is 6.56.